The van der Waals surface area contributed by atoms with Crippen molar-refractivity contribution in [1.82, 2.24) is 20.2 Å². The molecule has 1 aromatic rings. The van der Waals surface area contributed by atoms with Crippen LogP contribution in [0, 0.1) is 12.8 Å². The third kappa shape index (κ3) is 3.40. The van der Waals surface area contributed by atoms with E-state index in [4.69, 9.17) is 0 Å². The molecule has 0 bridgehead atoms. The minimum atomic E-state index is -0.586. The number of nitrogens with one attached hydrogen (secondary N) is 2. The van der Waals surface area contributed by atoms with E-state index in [0.29, 0.717) is 6.54 Å². The van der Waals surface area contributed by atoms with Gasteiger partial charge in [0.2, 0.25) is 5.91 Å². The highest BCUT2D eigenvalue weighted by molar-refractivity contribution is 5.86. The number of aryl methyl sites for hydroxylation is 1. The fourth-order valence-corrected chi connectivity index (χ4v) is 2.84. The predicted octanol–water partition coefficient (Wildman–Crippen LogP) is 1.76. The fraction of sp³-hybridized carbons (Fsp3) is 0.667. The zero-order valence-electron chi connectivity index (χ0n) is 13.5. The number of carbonyl (C=O) groups excluding carboxylic acids is 2. The zero-order valence-corrected chi connectivity index (χ0v) is 13.5. The first kappa shape index (κ1) is 16.3. The predicted molar refractivity (Wildman–Crippen MR) is 81.2 cm³/mol. The average molecular weight is 308 g/mol. The second kappa shape index (κ2) is 6.81. The van der Waals surface area contributed by atoms with Gasteiger partial charge in [0.05, 0.1) is 25.0 Å². The number of amides is 2. The number of imidazole rings is 1. The smallest absolute Gasteiger partial charge is 0.407 e. The first-order valence-electron chi connectivity index (χ1n) is 7.60. The molecule has 1 aliphatic rings. The molecule has 122 valence electrons. The van der Waals surface area contributed by atoms with E-state index < -0.39 is 12.1 Å². The number of rotatable bonds is 4. The van der Waals surface area contributed by atoms with Crippen LogP contribution in [-0.2, 0) is 9.53 Å². The Kier molecular flexibility index (Phi) is 5.05. The van der Waals surface area contributed by atoms with Crippen molar-refractivity contribution >= 4 is 12.0 Å². The lowest BCUT2D eigenvalue weighted by Gasteiger charge is -2.30. The molecule has 1 aliphatic heterocycles. The number of alkyl carbamates (subject to hydrolysis) is 1. The molecule has 2 unspecified atom stereocenters. The van der Waals surface area contributed by atoms with Gasteiger partial charge in [-0.15, -0.1) is 0 Å². The number of aromatic nitrogens is 2. The summed E-state index contributed by atoms with van der Waals surface area (Å²) < 4.78 is 4.62. The first-order valence-corrected chi connectivity index (χ1v) is 7.60. The van der Waals surface area contributed by atoms with Gasteiger partial charge in [0, 0.05) is 6.54 Å². The van der Waals surface area contributed by atoms with Crippen LogP contribution in [-0.4, -0.2) is 46.6 Å². The summed E-state index contributed by atoms with van der Waals surface area (Å²) in [6.07, 6.45) is 3.04. The molecule has 7 nitrogen and oxygen atoms in total. The largest absolute Gasteiger partial charge is 0.453 e. The third-order valence-corrected chi connectivity index (χ3v) is 4.01. The highest BCUT2D eigenvalue weighted by Gasteiger charge is 2.36. The summed E-state index contributed by atoms with van der Waals surface area (Å²) in [5.74, 6) is 0.744. The number of nitrogens with zero attached hydrogens (tertiary/aromatic N) is 2. The van der Waals surface area contributed by atoms with Gasteiger partial charge in [-0.3, -0.25) is 4.79 Å². The molecular weight excluding hydrogens is 284 g/mol. The quantitative estimate of drug-likeness (QED) is 0.887. The summed E-state index contributed by atoms with van der Waals surface area (Å²) in [4.78, 5) is 33.6. The van der Waals surface area contributed by atoms with Crippen LogP contribution in [0.1, 0.15) is 44.2 Å². The van der Waals surface area contributed by atoms with E-state index in [1.165, 1.54) is 7.11 Å². The van der Waals surface area contributed by atoms with Gasteiger partial charge in [0.1, 0.15) is 11.9 Å². The number of methoxy groups -OCH3 is 1. The Labute approximate surface area is 130 Å². The molecule has 2 heterocycles. The Hall–Kier alpha value is -2.05. The molecule has 2 atom stereocenters. The number of hydrogen-bond donors (Lipinski definition) is 2. The topological polar surface area (TPSA) is 87.3 Å². The van der Waals surface area contributed by atoms with Crippen LogP contribution >= 0.6 is 0 Å². The summed E-state index contributed by atoms with van der Waals surface area (Å²) >= 11 is 0. The number of hydrogen-bond acceptors (Lipinski definition) is 4. The maximum Gasteiger partial charge on any atom is 0.407 e. The zero-order chi connectivity index (χ0) is 16.3. The second-order valence-electron chi connectivity index (χ2n) is 5.97. The Balaban J connectivity index is 2.16. The molecule has 2 N–H and O–H groups in total. The number of likely N-dealkylation sites (tertiary alicyclic amines) is 1. The lowest BCUT2D eigenvalue weighted by atomic mass is 10.0. The lowest BCUT2D eigenvalue weighted by molar-refractivity contribution is -0.135. The van der Waals surface area contributed by atoms with Crippen LogP contribution in [0.5, 0.6) is 0 Å². The summed E-state index contributed by atoms with van der Waals surface area (Å²) in [5, 5.41) is 2.64. The van der Waals surface area contributed by atoms with Gasteiger partial charge in [-0.05, 0) is 25.7 Å². The molecular formula is C15H24N4O3. The van der Waals surface area contributed by atoms with Gasteiger partial charge in [-0.2, -0.15) is 0 Å². The highest BCUT2D eigenvalue weighted by Crippen LogP contribution is 2.31. The van der Waals surface area contributed by atoms with Crippen molar-refractivity contribution in [3.05, 3.63) is 17.7 Å². The van der Waals surface area contributed by atoms with E-state index >= 15 is 0 Å². The Morgan fingerprint density at radius 1 is 1.50 bits per heavy atom. The van der Waals surface area contributed by atoms with E-state index in [9.17, 15) is 9.59 Å². The molecule has 7 heteroatoms. The first-order chi connectivity index (χ1) is 10.4. The second-order valence-corrected chi connectivity index (χ2v) is 5.97. The van der Waals surface area contributed by atoms with E-state index in [-0.39, 0.29) is 17.9 Å². The van der Waals surface area contributed by atoms with Gasteiger partial charge in [0.25, 0.3) is 0 Å². The van der Waals surface area contributed by atoms with Gasteiger partial charge < -0.3 is 19.9 Å². The number of ether oxygens (including phenoxy) is 1. The Bertz CT molecular complexity index is 541. The van der Waals surface area contributed by atoms with Crippen LogP contribution < -0.4 is 5.32 Å². The standard InChI is InChI=1S/C15H24N4O3/c1-9(2)13(18-15(21)22-4)14(20)19-7-5-6-12(19)11-8-16-10(3)17-11/h8-9,12-13H,5-7H2,1-4H3,(H,16,17)(H,18,21). The Morgan fingerprint density at radius 2 is 2.23 bits per heavy atom. The van der Waals surface area contributed by atoms with Gasteiger partial charge in [-0.25, -0.2) is 9.78 Å². The van der Waals surface area contributed by atoms with Crippen LogP contribution in [0.2, 0.25) is 0 Å². The fourth-order valence-electron chi connectivity index (χ4n) is 2.84. The Morgan fingerprint density at radius 3 is 2.77 bits per heavy atom. The maximum absolute atomic E-state index is 12.9. The van der Waals surface area contributed by atoms with Crippen LogP contribution in [0.3, 0.4) is 0 Å². The van der Waals surface area contributed by atoms with Gasteiger partial charge in [-0.1, -0.05) is 13.8 Å². The molecule has 0 aromatic carbocycles. The van der Waals surface area contributed by atoms with Crippen LogP contribution in [0.25, 0.3) is 0 Å². The van der Waals surface area contributed by atoms with E-state index in [1.807, 2.05) is 25.7 Å². The van der Waals surface area contributed by atoms with E-state index in [0.717, 1.165) is 24.4 Å². The van der Waals surface area contributed by atoms with Crippen molar-refractivity contribution in [2.75, 3.05) is 13.7 Å². The molecule has 2 amide bonds. The molecule has 0 aliphatic carbocycles. The summed E-state index contributed by atoms with van der Waals surface area (Å²) in [6.45, 7) is 6.39. The molecule has 0 radical (unpaired) electrons. The van der Waals surface area contributed by atoms with Gasteiger partial charge in [0.15, 0.2) is 0 Å². The minimum Gasteiger partial charge on any atom is -0.453 e. The monoisotopic (exact) mass is 308 g/mol. The molecule has 1 fully saturated rings. The summed E-state index contributed by atoms with van der Waals surface area (Å²) in [7, 11) is 1.29. The highest BCUT2D eigenvalue weighted by atomic mass is 16.5. The maximum atomic E-state index is 12.9. The third-order valence-electron chi connectivity index (χ3n) is 4.01. The molecule has 1 saturated heterocycles. The van der Waals surface area contributed by atoms with E-state index in [1.54, 1.807) is 6.20 Å². The number of carbonyl (C=O) groups is 2. The number of H-pyrrole nitrogens is 1. The lowest BCUT2D eigenvalue weighted by Crippen LogP contribution is -2.51. The summed E-state index contributed by atoms with van der Waals surface area (Å²) in [5.41, 5.74) is 0.948. The molecule has 1 aromatic heterocycles. The van der Waals surface area contributed by atoms with Crippen molar-refractivity contribution < 1.29 is 14.3 Å². The van der Waals surface area contributed by atoms with Crippen molar-refractivity contribution in [3.8, 4) is 0 Å². The van der Waals surface area contributed by atoms with E-state index in [2.05, 4.69) is 20.0 Å². The van der Waals surface area contributed by atoms with Gasteiger partial charge >= 0.3 is 6.09 Å². The van der Waals surface area contributed by atoms with Crippen molar-refractivity contribution in [2.24, 2.45) is 5.92 Å². The van der Waals surface area contributed by atoms with Crippen molar-refractivity contribution in [1.29, 1.82) is 0 Å². The molecule has 2 rings (SSSR count). The number of aromatic amines is 1. The molecule has 0 spiro atoms. The van der Waals surface area contributed by atoms with Crippen molar-refractivity contribution in [3.63, 3.8) is 0 Å². The normalized spacial score (nSPS) is 19.3. The molecule has 22 heavy (non-hydrogen) atoms. The van der Waals surface area contributed by atoms with Crippen LogP contribution in [0.15, 0.2) is 6.20 Å². The minimum absolute atomic E-state index is 0.00519. The SMILES string of the molecule is COC(=O)NC(C(=O)N1CCCC1c1cnc(C)[nH]1)C(C)C. The van der Waals surface area contributed by atoms with Crippen molar-refractivity contribution in [2.45, 2.75) is 45.7 Å². The molecule has 0 saturated carbocycles. The summed E-state index contributed by atoms with van der Waals surface area (Å²) in [6, 6.07) is -0.591. The average Bonchev–Trinajstić information content (AvgIpc) is 3.11. The van der Waals surface area contributed by atoms with Crippen LogP contribution in [0.4, 0.5) is 4.79 Å².